The van der Waals surface area contributed by atoms with Gasteiger partial charge < -0.3 is 15.2 Å². The highest BCUT2D eigenvalue weighted by Crippen LogP contribution is 2.30. The third-order valence-corrected chi connectivity index (χ3v) is 3.32. The van der Waals surface area contributed by atoms with Gasteiger partial charge >= 0.3 is 0 Å². The Labute approximate surface area is 124 Å². The van der Waals surface area contributed by atoms with Gasteiger partial charge in [0.2, 0.25) is 0 Å². The second kappa shape index (κ2) is 6.64. The Morgan fingerprint density at radius 3 is 2.25 bits per heavy atom. The van der Waals surface area contributed by atoms with Crippen LogP contribution in [0, 0.1) is 0 Å². The zero-order valence-electron chi connectivity index (χ0n) is 11.5. The number of rotatable bonds is 5. The molecule has 20 heavy (non-hydrogen) atoms. The van der Waals surface area contributed by atoms with Gasteiger partial charge in [-0.2, -0.15) is 0 Å². The molecule has 0 heterocycles. The van der Waals surface area contributed by atoms with Crippen molar-refractivity contribution in [1.29, 1.82) is 0 Å². The van der Waals surface area contributed by atoms with Gasteiger partial charge in [-0.05, 0) is 36.8 Å². The van der Waals surface area contributed by atoms with Crippen molar-refractivity contribution in [2.24, 2.45) is 5.73 Å². The lowest BCUT2D eigenvalue weighted by atomic mass is 10.0. The number of methoxy groups -OCH3 is 1. The average molecular weight is 292 g/mol. The van der Waals surface area contributed by atoms with Gasteiger partial charge in [-0.15, -0.1) is 0 Å². The van der Waals surface area contributed by atoms with Crippen LogP contribution in [0.15, 0.2) is 48.5 Å². The van der Waals surface area contributed by atoms with Crippen LogP contribution >= 0.6 is 11.6 Å². The van der Waals surface area contributed by atoms with Gasteiger partial charge in [-0.3, -0.25) is 0 Å². The van der Waals surface area contributed by atoms with Crippen molar-refractivity contribution >= 4 is 11.6 Å². The van der Waals surface area contributed by atoms with E-state index in [0.717, 1.165) is 11.3 Å². The summed E-state index contributed by atoms with van der Waals surface area (Å²) in [6.07, 6.45) is -0.263. The SMILES string of the molecule is COc1ccc(C(Oc2ccccc2Cl)C(C)N)cc1. The lowest BCUT2D eigenvalue weighted by molar-refractivity contribution is 0.180. The summed E-state index contributed by atoms with van der Waals surface area (Å²) in [5.74, 6) is 1.43. The van der Waals surface area contributed by atoms with Crippen molar-refractivity contribution in [2.75, 3.05) is 7.11 Å². The summed E-state index contributed by atoms with van der Waals surface area (Å²) in [5, 5.41) is 0.576. The standard InChI is InChI=1S/C16H18ClNO2/c1-11(18)16(12-7-9-13(19-2)10-8-12)20-15-6-4-3-5-14(15)17/h3-11,16H,18H2,1-2H3. The van der Waals surface area contributed by atoms with Gasteiger partial charge in [0, 0.05) is 6.04 Å². The second-order valence-corrected chi connectivity index (χ2v) is 5.01. The van der Waals surface area contributed by atoms with Gasteiger partial charge in [-0.25, -0.2) is 0 Å². The van der Waals surface area contributed by atoms with E-state index in [4.69, 9.17) is 26.8 Å². The highest BCUT2D eigenvalue weighted by molar-refractivity contribution is 6.32. The zero-order valence-corrected chi connectivity index (χ0v) is 12.3. The second-order valence-electron chi connectivity index (χ2n) is 4.60. The fourth-order valence-electron chi connectivity index (χ4n) is 1.95. The van der Waals surface area contributed by atoms with E-state index in [1.54, 1.807) is 13.2 Å². The fraction of sp³-hybridized carbons (Fsp3) is 0.250. The lowest BCUT2D eigenvalue weighted by Gasteiger charge is -2.23. The Morgan fingerprint density at radius 2 is 1.70 bits per heavy atom. The van der Waals surface area contributed by atoms with Crippen LogP contribution < -0.4 is 15.2 Å². The molecule has 2 rings (SSSR count). The molecule has 4 heteroatoms. The van der Waals surface area contributed by atoms with Crippen molar-refractivity contribution < 1.29 is 9.47 Å². The monoisotopic (exact) mass is 291 g/mol. The first-order chi connectivity index (χ1) is 9.61. The molecule has 0 spiro atoms. The molecule has 3 nitrogen and oxygen atoms in total. The maximum Gasteiger partial charge on any atom is 0.139 e. The maximum absolute atomic E-state index is 6.12. The van der Waals surface area contributed by atoms with E-state index >= 15 is 0 Å². The van der Waals surface area contributed by atoms with E-state index in [9.17, 15) is 0 Å². The molecule has 2 N–H and O–H groups in total. The van der Waals surface area contributed by atoms with E-state index in [0.29, 0.717) is 10.8 Å². The Kier molecular flexibility index (Phi) is 4.88. The number of hydrogen-bond acceptors (Lipinski definition) is 3. The zero-order chi connectivity index (χ0) is 14.5. The van der Waals surface area contributed by atoms with Crippen molar-refractivity contribution in [3.05, 3.63) is 59.1 Å². The number of hydrogen-bond donors (Lipinski definition) is 1. The number of ether oxygens (including phenoxy) is 2. The third kappa shape index (κ3) is 3.44. The third-order valence-electron chi connectivity index (χ3n) is 3.01. The van der Waals surface area contributed by atoms with Crippen LogP contribution in [0.3, 0.4) is 0 Å². The molecule has 0 amide bonds. The topological polar surface area (TPSA) is 44.5 Å². The molecule has 2 atom stereocenters. The highest BCUT2D eigenvalue weighted by Gasteiger charge is 2.19. The predicted molar refractivity (Wildman–Crippen MR) is 81.5 cm³/mol. The van der Waals surface area contributed by atoms with E-state index in [-0.39, 0.29) is 12.1 Å². The van der Waals surface area contributed by atoms with E-state index in [1.807, 2.05) is 49.4 Å². The van der Waals surface area contributed by atoms with Crippen LogP contribution in [0.1, 0.15) is 18.6 Å². The number of nitrogens with two attached hydrogens (primary N) is 1. The predicted octanol–water partition coefficient (Wildman–Crippen LogP) is 3.82. The summed E-state index contributed by atoms with van der Waals surface area (Å²) in [5.41, 5.74) is 7.02. The molecule has 2 unspecified atom stereocenters. The van der Waals surface area contributed by atoms with Gasteiger partial charge in [0.05, 0.1) is 12.1 Å². The number of halogens is 1. The van der Waals surface area contributed by atoms with Crippen LogP contribution in [0.25, 0.3) is 0 Å². The summed E-state index contributed by atoms with van der Waals surface area (Å²) in [6, 6.07) is 14.9. The first-order valence-corrected chi connectivity index (χ1v) is 6.80. The van der Waals surface area contributed by atoms with Crippen LogP contribution in [0.4, 0.5) is 0 Å². The van der Waals surface area contributed by atoms with Crippen LogP contribution in [-0.4, -0.2) is 13.2 Å². The van der Waals surface area contributed by atoms with Crippen LogP contribution in [-0.2, 0) is 0 Å². The molecule has 0 saturated carbocycles. The Morgan fingerprint density at radius 1 is 1.05 bits per heavy atom. The van der Waals surface area contributed by atoms with Crippen LogP contribution in [0.2, 0.25) is 5.02 Å². The van der Waals surface area contributed by atoms with Gasteiger partial charge in [0.25, 0.3) is 0 Å². The summed E-state index contributed by atoms with van der Waals surface area (Å²) in [4.78, 5) is 0. The van der Waals surface area contributed by atoms with Crippen LogP contribution in [0.5, 0.6) is 11.5 Å². The minimum Gasteiger partial charge on any atom is -0.497 e. The molecule has 2 aromatic carbocycles. The highest BCUT2D eigenvalue weighted by atomic mass is 35.5. The van der Waals surface area contributed by atoms with E-state index in [1.165, 1.54) is 0 Å². The Balaban J connectivity index is 2.25. The lowest BCUT2D eigenvalue weighted by Crippen LogP contribution is -2.29. The van der Waals surface area contributed by atoms with Gasteiger partial charge in [0.15, 0.2) is 0 Å². The molecule has 106 valence electrons. The summed E-state index contributed by atoms with van der Waals surface area (Å²) < 4.78 is 11.1. The summed E-state index contributed by atoms with van der Waals surface area (Å²) in [7, 11) is 1.64. The quantitative estimate of drug-likeness (QED) is 0.911. The molecular weight excluding hydrogens is 274 g/mol. The average Bonchev–Trinajstić information content (AvgIpc) is 2.46. The molecule has 0 aliphatic heterocycles. The minimum absolute atomic E-state index is 0.167. The van der Waals surface area contributed by atoms with E-state index in [2.05, 4.69) is 0 Å². The molecule has 0 fully saturated rings. The fourth-order valence-corrected chi connectivity index (χ4v) is 2.13. The molecule has 0 bridgehead atoms. The first-order valence-electron chi connectivity index (χ1n) is 6.42. The van der Waals surface area contributed by atoms with Gasteiger partial charge in [-0.1, -0.05) is 35.9 Å². The minimum atomic E-state index is -0.263. The molecule has 0 saturated heterocycles. The van der Waals surface area contributed by atoms with Crippen molar-refractivity contribution in [3.63, 3.8) is 0 Å². The Hall–Kier alpha value is -1.71. The first kappa shape index (κ1) is 14.7. The largest absolute Gasteiger partial charge is 0.497 e. The van der Waals surface area contributed by atoms with Crippen molar-refractivity contribution in [2.45, 2.75) is 19.1 Å². The molecular formula is C16H18ClNO2. The molecule has 0 aliphatic carbocycles. The smallest absolute Gasteiger partial charge is 0.139 e. The summed E-state index contributed by atoms with van der Waals surface area (Å²) in [6.45, 7) is 1.91. The van der Waals surface area contributed by atoms with E-state index < -0.39 is 0 Å². The maximum atomic E-state index is 6.12. The molecule has 0 aromatic heterocycles. The molecule has 0 aliphatic rings. The number of benzene rings is 2. The Bertz CT molecular complexity index is 555. The van der Waals surface area contributed by atoms with Gasteiger partial charge in [0.1, 0.15) is 17.6 Å². The summed E-state index contributed by atoms with van der Waals surface area (Å²) >= 11 is 6.12. The number of para-hydroxylation sites is 1. The normalized spacial score (nSPS) is 13.6. The molecule has 2 aromatic rings. The van der Waals surface area contributed by atoms with Crippen molar-refractivity contribution in [3.8, 4) is 11.5 Å². The molecule has 0 radical (unpaired) electrons. The van der Waals surface area contributed by atoms with Crippen molar-refractivity contribution in [1.82, 2.24) is 0 Å².